The lowest BCUT2D eigenvalue weighted by atomic mass is 10.0. The van der Waals surface area contributed by atoms with Gasteiger partial charge in [-0.3, -0.25) is 9.59 Å². The van der Waals surface area contributed by atoms with E-state index in [1.807, 2.05) is 87.6 Å². The lowest BCUT2D eigenvalue weighted by Gasteiger charge is -2.20. The Hall–Kier alpha value is -4.70. The summed E-state index contributed by atoms with van der Waals surface area (Å²) in [5, 5.41) is 17.4. The molecule has 2 amide bonds. The number of nitriles is 1. The van der Waals surface area contributed by atoms with Gasteiger partial charge in [-0.05, 0) is 42.7 Å². The fraction of sp³-hybridized carbons (Fsp3) is 0.200. The van der Waals surface area contributed by atoms with Gasteiger partial charge in [0, 0.05) is 34.8 Å². The van der Waals surface area contributed by atoms with E-state index < -0.39 is 11.9 Å². The molecule has 0 aliphatic heterocycles. The van der Waals surface area contributed by atoms with Crippen LogP contribution < -0.4 is 10.7 Å². The Balaban J connectivity index is 1.50. The number of para-hydroxylation sites is 1. The van der Waals surface area contributed by atoms with E-state index in [1.54, 1.807) is 18.3 Å². The predicted molar refractivity (Wildman–Crippen MR) is 145 cm³/mol. The highest BCUT2D eigenvalue weighted by atomic mass is 16.2. The zero-order chi connectivity index (χ0) is 26.4. The maximum Gasteiger partial charge on any atom is 0.262 e. The second-order valence-corrected chi connectivity index (χ2v) is 9.29. The monoisotopic (exact) mass is 491 g/mol. The highest BCUT2D eigenvalue weighted by Crippen LogP contribution is 2.22. The molecule has 4 rings (SSSR count). The van der Waals surface area contributed by atoms with Crippen molar-refractivity contribution in [2.24, 2.45) is 11.0 Å². The molecular formula is C30H29N5O2. The summed E-state index contributed by atoms with van der Waals surface area (Å²) in [7, 11) is 0. The van der Waals surface area contributed by atoms with Gasteiger partial charge in [-0.15, -0.1) is 0 Å². The number of hydrazone groups is 1. The van der Waals surface area contributed by atoms with Crippen LogP contribution in [0.1, 0.15) is 46.5 Å². The second-order valence-electron chi connectivity index (χ2n) is 9.29. The number of hydrogen-bond donors (Lipinski definition) is 2. The van der Waals surface area contributed by atoms with Gasteiger partial charge in [0.05, 0.1) is 17.8 Å². The molecule has 3 aromatic carbocycles. The molecule has 0 aliphatic carbocycles. The number of rotatable bonds is 8. The molecule has 0 spiro atoms. The van der Waals surface area contributed by atoms with Crippen molar-refractivity contribution >= 4 is 28.9 Å². The Morgan fingerprint density at radius 1 is 1.03 bits per heavy atom. The van der Waals surface area contributed by atoms with E-state index in [0.29, 0.717) is 17.7 Å². The van der Waals surface area contributed by atoms with Crippen LogP contribution in [0.15, 0.2) is 84.1 Å². The molecule has 7 heteroatoms. The number of benzene rings is 3. The molecule has 1 heterocycles. The molecule has 0 aliphatic rings. The Bertz CT molecular complexity index is 1490. The number of carbonyl (C=O) groups is 2. The maximum atomic E-state index is 12.9. The molecule has 0 saturated carbocycles. The third-order valence-corrected chi connectivity index (χ3v) is 6.23. The van der Waals surface area contributed by atoms with Gasteiger partial charge in [-0.2, -0.15) is 10.4 Å². The zero-order valence-corrected chi connectivity index (χ0v) is 21.1. The Kier molecular flexibility index (Phi) is 7.80. The van der Waals surface area contributed by atoms with E-state index in [2.05, 4.69) is 26.5 Å². The number of nitrogens with one attached hydrogen (secondary N) is 2. The van der Waals surface area contributed by atoms with Crippen molar-refractivity contribution in [3.63, 3.8) is 0 Å². The molecule has 0 fully saturated rings. The first kappa shape index (κ1) is 25.4. The number of hydrogen-bond acceptors (Lipinski definition) is 4. The molecule has 37 heavy (non-hydrogen) atoms. The standard InChI is InChI=1S/C30H29N5O2/c1-20(2)28(33-29(36)22-14-12-21(3)13-15-22)30(37)34-32-17-25-19-35(27-11-7-6-10-26(25)27)18-24-9-5-4-8-23(24)16-31/h4-15,17,19-20,28H,18H2,1-3H3,(H,33,36)(H,34,37)/b32-17-. The average Bonchev–Trinajstić information content (AvgIpc) is 3.24. The van der Waals surface area contributed by atoms with Crippen molar-refractivity contribution in [1.29, 1.82) is 5.26 Å². The summed E-state index contributed by atoms with van der Waals surface area (Å²) in [6.45, 7) is 6.23. The molecular weight excluding hydrogens is 462 g/mol. The second kappa shape index (κ2) is 11.4. The van der Waals surface area contributed by atoms with Crippen LogP contribution in [0.2, 0.25) is 0 Å². The molecule has 7 nitrogen and oxygen atoms in total. The maximum absolute atomic E-state index is 12.9. The molecule has 0 saturated heterocycles. The largest absolute Gasteiger partial charge is 0.342 e. The Labute approximate surface area is 216 Å². The lowest BCUT2D eigenvalue weighted by Crippen LogP contribution is -2.48. The van der Waals surface area contributed by atoms with Crippen LogP contribution in [0.25, 0.3) is 10.9 Å². The summed E-state index contributed by atoms with van der Waals surface area (Å²) in [6.07, 6.45) is 3.56. The van der Waals surface area contributed by atoms with Crippen molar-refractivity contribution in [1.82, 2.24) is 15.3 Å². The molecule has 0 radical (unpaired) electrons. The topological polar surface area (TPSA) is 99.3 Å². The molecule has 1 atom stereocenters. The Morgan fingerprint density at radius 2 is 1.73 bits per heavy atom. The summed E-state index contributed by atoms with van der Waals surface area (Å²) in [4.78, 5) is 25.6. The number of aryl methyl sites for hydroxylation is 1. The fourth-order valence-electron chi connectivity index (χ4n) is 4.16. The van der Waals surface area contributed by atoms with Crippen LogP contribution in [0.5, 0.6) is 0 Å². The van der Waals surface area contributed by atoms with Gasteiger partial charge in [-0.1, -0.05) is 67.9 Å². The average molecular weight is 492 g/mol. The number of fused-ring (bicyclic) bond motifs is 1. The minimum absolute atomic E-state index is 0.133. The minimum Gasteiger partial charge on any atom is -0.342 e. The van der Waals surface area contributed by atoms with Gasteiger partial charge in [0.15, 0.2) is 0 Å². The molecule has 1 aromatic heterocycles. The summed E-state index contributed by atoms with van der Waals surface area (Å²) in [5.74, 6) is -0.830. The summed E-state index contributed by atoms with van der Waals surface area (Å²) >= 11 is 0. The molecule has 2 N–H and O–H groups in total. The molecule has 1 unspecified atom stereocenters. The van der Waals surface area contributed by atoms with Crippen LogP contribution in [0.3, 0.4) is 0 Å². The number of carbonyl (C=O) groups excluding carboxylic acids is 2. The van der Waals surface area contributed by atoms with E-state index in [0.717, 1.165) is 27.6 Å². The van der Waals surface area contributed by atoms with Crippen LogP contribution in [-0.4, -0.2) is 28.6 Å². The molecule has 186 valence electrons. The highest BCUT2D eigenvalue weighted by molar-refractivity contribution is 6.00. The van der Waals surface area contributed by atoms with E-state index in [9.17, 15) is 14.9 Å². The first-order valence-electron chi connectivity index (χ1n) is 12.1. The summed E-state index contributed by atoms with van der Waals surface area (Å²) in [6, 6.07) is 24.1. The number of amides is 2. The lowest BCUT2D eigenvalue weighted by molar-refractivity contribution is -0.123. The normalized spacial score (nSPS) is 12.0. The molecule has 4 aromatic rings. The van der Waals surface area contributed by atoms with Crippen LogP contribution in [0, 0.1) is 24.2 Å². The summed E-state index contributed by atoms with van der Waals surface area (Å²) in [5.41, 5.74) is 7.52. The predicted octanol–water partition coefficient (Wildman–Crippen LogP) is 4.77. The van der Waals surface area contributed by atoms with Gasteiger partial charge in [0.1, 0.15) is 6.04 Å². The fourth-order valence-corrected chi connectivity index (χ4v) is 4.16. The number of nitrogens with zero attached hydrogens (tertiary/aromatic N) is 3. The SMILES string of the molecule is Cc1ccc(C(=O)NC(C(=O)N/N=C\c2cn(Cc3ccccc3C#N)c3ccccc23)C(C)C)cc1. The molecule has 0 bridgehead atoms. The van der Waals surface area contributed by atoms with Crippen LogP contribution >= 0.6 is 0 Å². The summed E-state index contributed by atoms with van der Waals surface area (Å²) < 4.78 is 2.06. The zero-order valence-electron chi connectivity index (χ0n) is 21.1. The highest BCUT2D eigenvalue weighted by Gasteiger charge is 2.24. The van der Waals surface area contributed by atoms with Crippen molar-refractivity contribution in [2.45, 2.75) is 33.4 Å². The van der Waals surface area contributed by atoms with E-state index in [-0.39, 0.29) is 11.8 Å². The van der Waals surface area contributed by atoms with Crippen LogP contribution in [-0.2, 0) is 11.3 Å². The van der Waals surface area contributed by atoms with E-state index in [1.165, 1.54) is 0 Å². The van der Waals surface area contributed by atoms with Crippen molar-refractivity contribution < 1.29 is 9.59 Å². The van der Waals surface area contributed by atoms with Crippen molar-refractivity contribution in [3.8, 4) is 6.07 Å². The Morgan fingerprint density at radius 3 is 2.46 bits per heavy atom. The first-order valence-corrected chi connectivity index (χ1v) is 12.1. The van der Waals surface area contributed by atoms with Gasteiger partial charge in [0.2, 0.25) is 0 Å². The van der Waals surface area contributed by atoms with Gasteiger partial charge < -0.3 is 9.88 Å². The minimum atomic E-state index is -0.741. The third-order valence-electron chi connectivity index (χ3n) is 6.23. The van der Waals surface area contributed by atoms with Crippen LogP contribution in [0.4, 0.5) is 0 Å². The third kappa shape index (κ3) is 5.93. The quantitative estimate of drug-likeness (QED) is 0.274. The van der Waals surface area contributed by atoms with E-state index >= 15 is 0 Å². The van der Waals surface area contributed by atoms with Crippen molar-refractivity contribution in [2.75, 3.05) is 0 Å². The first-order chi connectivity index (χ1) is 17.9. The van der Waals surface area contributed by atoms with Gasteiger partial charge in [-0.25, -0.2) is 5.43 Å². The van der Waals surface area contributed by atoms with Crippen molar-refractivity contribution in [3.05, 3.63) is 107 Å². The van der Waals surface area contributed by atoms with Gasteiger partial charge in [0.25, 0.3) is 11.8 Å². The number of aromatic nitrogens is 1. The van der Waals surface area contributed by atoms with Gasteiger partial charge >= 0.3 is 0 Å². The smallest absolute Gasteiger partial charge is 0.262 e. The van der Waals surface area contributed by atoms with E-state index in [4.69, 9.17) is 0 Å².